The van der Waals surface area contributed by atoms with Crippen molar-refractivity contribution in [2.75, 3.05) is 12.3 Å². The van der Waals surface area contributed by atoms with Gasteiger partial charge in [0.25, 0.3) is 0 Å². The number of hydrogen-bond acceptors (Lipinski definition) is 4. The van der Waals surface area contributed by atoms with Gasteiger partial charge in [0.05, 0.1) is 11.3 Å². The maximum absolute atomic E-state index is 9.77. The van der Waals surface area contributed by atoms with Crippen LogP contribution < -0.4 is 10.5 Å². The predicted octanol–water partition coefficient (Wildman–Crippen LogP) is 2.59. The van der Waals surface area contributed by atoms with Crippen molar-refractivity contribution >= 4 is 27.1 Å². The summed E-state index contributed by atoms with van der Waals surface area (Å²) in [6.07, 6.45) is 0. The van der Waals surface area contributed by atoms with Crippen LogP contribution in [0.3, 0.4) is 0 Å². The number of anilines is 1. The van der Waals surface area contributed by atoms with E-state index in [1.165, 1.54) is 11.3 Å². The van der Waals surface area contributed by atoms with Crippen LogP contribution >= 0.6 is 11.3 Å². The molecule has 4 heteroatoms. The zero-order chi connectivity index (χ0) is 10.1. The number of nitrogen functional groups attached to an aromatic ring is 1. The Labute approximate surface area is 85.7 Å². The smallest absolute Gasteiger partial charge is 0.218 e. The van der Waals surface area contributed by atoms with E-state index in [2.05, 4.69) is 0 Å². The van der Waals surface area contributed by atoms with Crippen LogP contribution in [0.2, 0.25) is 0 Å². The molecule has 1 heterocycles. The molecule has 0 amide bonds. The number of fused-ring (bicyclic) bond motifs is 1. The highest BCUT2D eigenvalue weighted by Crippen LogP contribution is 2.45. The number of nitrogens with two attached hydrogens (primary N) is 1. The summed E-state index contributed by atoms with van der Waals surface area (Å²) in [5, 5.41) is 11.1. The second-order valence-electron chi connectivity index (χ2n) is 2.90. The minimum absolute atomic E-state index is 0.194. The first-order valence-corrected chi connectivity index (χ1v) is 5.18. The van der Waals surface area contributed by atoms with E-state index in [1.54, 1.807) is 0 Å². The van der Waals surface area contributed by atoms with Gasteiger partial charge in [-0.05, 0) is 19.1 Å². The van der Waals surface area contributed by atoms with Gasteiger partial charge in [-0.3, -0.25) is 0 Å². The molecule has 14 heavy (non-hydrogen) atoms. The fourth-order valence-electron chi connectivity index (χ4n) is 1.34. The minimum atomic E-state index is 0.194. The molecule has 0 aliphatic heterocycles. The number of rotatable bonds is 2. The summed E-state index contributed by atoms with van der Waals surface area (Å²) in [5.41, 5.74) is 6.45. The fourth-order valence-corrected chi connectivity index (χ4v) is 2.36. The summed E-state index contributed by atoms with van der Waals surface area (Å²) in [4.78, 5) is 0. The number of benzene rings is 1. The second kappa shape index (κ2) is 3.38. The van der Waals surface area contributed by atoms with Crippen molar-refractivity contribution in [1.29, 1.82) is 0 Å². The Kier molecular flexibility index (Phi) is 2.21. The van der Waals surface area contributed by atoms with Gasteiger partial charge in [0, 0.05) is 11.1 Å². The van der Waals surface area contributed by atoms with E-state index in [0.29, 0.717) is 17.4 Å². The first kappa shape index (κ1) is 9.15. The zero-order valence-corrected chi connectivity index (χ0v) is 8.60. The largest absolute Gasteiger partial charge is 0.503 e. The monoisotopic (exact) mass is 209 g/mol. The highest BCUT2D eigenvalue weighted by molar-refractivity contribution is 7.21. The third kappa shape index (κ3) is 1.28. The summed E-state index contributed by atoms with van der Waals surface area (Å²) in [7, 11) is 0. The number of thiophene rings is 1. The summed E-state index contributed by atoms with van der Waals surface area (Å²) in [6, 6.07) is 5.47. The number of ether oxygens (including phenoxy) is 1. The van der Waals surface area contributed by atoms with Crippen LogP contribution in [0.25, 0.3) is 10.1 Å². The molecule has 0 atom stereocenters. The average Bonchev–Trinajstić information content (AvgIpc) is 2.48. The van der Waals surface area contributed by atoms with Crippen molar-refractivity contribution in [2.24, 2.45) is 0 Å². The van der Waals surface area contributed by atoms with E-state index >= 15 is 0 Å². The van der Waals surface area contributed by atoms with E-state index in [0.717, 1.165) is 10.1 Å². The molecule has 1 aromatic heterocycles. The Morgan fingerprint density at radius 3 is 2.93 bits per heavy atom. The molecule has 74 valence electrons. The van der Waals surface area contributed by atoms with Crippen LogP contribution in [0, 0.1) is 0 Å². The van der Waals surface area contributed by atoms with Gasteiger partial charge in [-0.1, -0.05) is 17.4 Å². The minimum Gasteiger partial charge on any atom is -0.503 e. The highest BCUT2D eigenvalue weighted by atomic mass is 32.1. The maximum atomic E-state index is 9.77. The van der Waals surface area contributed by atoms with Crippen molar-refractivity contribution in [3.05, 3.63) is 18.2 Å². The quantitative estimate of drug-likeness (QED) is 0.747. The van der Waals surface area contributed by atoms with Gasteiger partial charge >= 0.3 is 0 Å². The van der Waals surface area contributed by atoms with Crippen LogP contribution in [0.5, 0.6) is 10.8 Å². The van der Waals surface area contributed by atoms with Crippen molar-refractivity contribution in [3.63, 3.8) is 0 Å². The van der Waals surface area contributed by atoms with E-state index in [9.17, 15) is 5.11 Å². The Balaban J connectivity index is 2.67. The van der Waals surface area contributed by atoms with Crippen LogP contribution in [0.4, 0.5) is 5.69 Å². The molecule has 1 aromatic carbocycles. The molecule has 3 nitrogen and oxygen atoms in total. The van der Waals surface area contributed by atoms with E-state index in [4.69, 9.17) is 10.5 Å². The lowest BCUT2D eigenvalue weighted by Gasteiger charge is -1.97. The molecule has 0 radical (unpaired) electrons. The molecule has 3 N–H and O–H groups in total. The topological polar surface area (TPSA) is 55.5 Å². The SMILES string of the molecule is CCOc1sc2c(N)cccc2c1O. The maximum Gasteiger partial charge on any atom is 0.218 e. The normalized spacial score (nSPS) is 10.6. The molecule has 2 aromatic rings. The Bertz CT molecular complexity index is 464. The summed E-state index contributed by atoms with van der Waals surface area (Å²) >= 11 is 1.38. The standard InChI is InChI=1S/C10H11NO2S/c1-2-13-10-8(12)6-4-3-5-7(11)9(6)14-10/h3-5,12H,2,11H2,1H3. The van der Waals surface area contributed by atoms with E-state index < -0.39 is 0 Å². The lowest BCUT2D eigenvalue weighted by Crippen LogP contribution is -1.87. The van der Waals surface area contributed by atoms with Gasteiger partial charge in [0.2, 0.25) is 5.06 Å². The molecule has 0 aliphatic rings. The molecule has 0 unspecified atom stereocenters. The molecule has 0 aliphatic carbocycles. The summed E-state index contributed by atoms with van der Waals surface area (Å²) in [6.45, 7) is 2.42. The first-order valence-electron chi connectivity index (χ1n) is 4.36. The molecule has 2 rings (SSSR count). The lowest BCUT2D eigenvalue weighted by molar-refractivity contribution is 0.330. The van der Waals surface area contributed by atoms with Gasteiger partial charge in [-0.25, -0.2) is 0 Å². The molecule has 0 fully saturated rings. The summed E-state index contributed by atoms with van der Waals surface area (Å²) < 4.78 is 6.17. The van der Waals surface area contributed by atoms with Crippen LogP contribution in [0.15, 0.2) is 18.2 Å². The number of aromatic hydroxyl groups is 1. The van der Waals surface area contributed by atoms with Crippen molar-refractivity contribution in [1.82, 2.24) is 0 Å². The van der Waals surface area contributed by atoms with Crippen molar-refractivity contribution in [2.45, 2.75) is 6.92 Å². The molecule has 0 spiro atoms. The Morgan fingerprint density at radius 2 is 2.29 bits per heavy atom. The third-order valence-electron chi connectivity index (χ3n) is 1.96. The third-order valence-corrected chi connectivity index (χ3v) is 3.12. The molecule has 0 saturated heterocycles. The Hall–Kier alpha value is -1.42. The van der Waals surface area contributed by atoms with Crippen molar-refractivity contribution < 1.29 is 9.84 Å². The first-order chi connectivity index (χ1) is 6.74. The lowest BCUT2D eigenvalue weighted by atomic mass is 10.2. The zero-order valence-electron chi connectivity index (χ0n) is 7.78. The molecular weight excluding hydrogens is 198 g/mol. The van der Waals surface area contributed by atoms with Gasteiger partial charge in [-0.15, -0.1) is 0 Å². The molecule has 0 saturated carbocycles. The van der Waals surface area contributed by atoms with Gasteiger partial charge in [-0.2, -0.15) is 0 Å². The van der Waals surface area contributed by atoms with Crippen LogP contribution in [-0.2, 0) is 0 Å². The Morgan fingerprint density at radius 1 is 1.50 bits per heavy atom. The average molecular weight is 209 g/mol. The van der Waals surface area contributed by atoms with E-state index in [-0.39, 0.29) is 5.75 Å². The van der Waals surface area contributed by atoms with E-state index in [1.807, 2.05) is 25.1 Å². The predicted molar refractivity (Wildman–Crippen MR) is 59.1 cm³/mol. The summed E-state index contributed by atoms with van der Waals surface area (Å²) in [5.74, 6) is 0.194. The van der Waals surface area contributed by atoms with Gasteiger partial charge < -0.3 is 15.6 Å². The van der Waals surface area contributed by atoms with Crippen molar-refractivity contribution in [3.8, 4) is 10.8 Å². The highest BCUT2D eigenvalue weighted by Gasteiger charge is 2.13. The number of hydrogen-bond donors (Lipinski definition) is 2. The van der Waals surface area contributed by atoms with Gasteiger partial charge in [0.15, 0.2) is 5.75 Å². The molecule has 0 bridgehead atoms. The fraction of sp³-hybridized carbons (Fsp3) is 0.200. The second-order valence-corrected chi connectivity index (χ2v) is 3.88. The molecular formula is C10H11NO2S. The van der Waals surface area contributed by atoms with Gasteiger partial charge in [0.1, 0.15) is 0 Å². The van der Waals surface area contributed by atoms with Crippen LogP contribution in [0.1, 0.15) is 6.92 Å². The van der Waals surface area contributed by atoms with Crippen LogP contribution in [-0.4, -0.2) is 11.7 Å².